The van der Waals surface area contributed by atoms with E-state index >= 15 is 0 Å². The molecule has 0 radical (unpaired) electrons. The van der Waals surface area contributed by atoms with Crippen LogP contribution in [0.25, 0.3) is 11.4 Å². The van der Waals surface area contributed by atoms with Crippen LogP contribution in [0.5, 0.6) is 0 Å². The second-order valence-corrected chi connectivity index (χ2v) is 3.98. The molecule has 0 unspecified atom stereocenters. The maximum absolute atomic E-state index is 13.1. The average molecular weight is 258 g/mol. The molecule has 4 heteroatoms. The Hall–Kier alpha value is -2.28. The summed E-state index contributed by atoms with van der Waals surface area (Å²) in [7, 11) is 0. The van der Waals surface area contributed by atoms with Crippen LogP contribution in [0, 0.1) is 23.5 Å². The number of aromatic nitrogens is 2. The van der Waals surface area contributed by atoms with Gasteiger partial charge in [0.05, 0.1) is 5.56 Å². The molecule has 19 heavy (non-hydrogen) atoms. The normalized spacial score (nSPS) is 9.84. The van der Waals surface area contributed by atoms with Crippen molar-refractivity contribution >= 4 is 0 Å². The van der Waals surface area contributed by atoms with E-state index in [2.05, 4.69) is 28.7 Å². The van der Waals surface area contributed by atoms with Gasteiger partial charge in [-0.3, -0.25) is 0 Å². The van der Waals surface area contributed by atoms with Crippen LogP contribution in [0.15, 0.2) is 30.6 Å². The van der Waals surface area contributed by atoms with Gasteiger partial charge in [-0.2, -0.15) is 0 Å². The third-order valence-electron chi connectivity index (χ3n) is 2.44. The number of halogens is 2. The lowest BCUT2D eigenvalue weighted by molar-refractivity contribution is 0.509. The van der Waals surface area contributed by atoms with E-state index in [-0.39, 0.29) is 0 Å². The predicted molar refractivity (Wildman–Crippen MR) is 69.2 cm³/mol. The standard InChI is InChI=1S/C15H12F2N2/c1-2-3-4-5-11-9-18-15(19-10-11)12-6-7-13(16)14(17)8-12/h6-10H,2-3H2,1H3. The van der Waals surface area contributed by atoms with Crippen LogP contribution >= 0.6 is 0 Å². The largest absolute Gasteiger partial charge is 0.235 e. The van der Waals surface area contributed by atoms with Gasteiger partial charge in [0.25, 0.3) is 0 Å². The van der Waals surface area contributed by atoms with Crippen LogP contribution in [0.4, 0.5) is 8.78 Å². The van der Waals surface area contributed by atoms with E-state index in [4.69, 9.17) is 0 Å². The molecule has 1 aromatic carbocycles. The highest BCUT2D eigenvalue weighted by Crippen LogP contribution is 2.17. The molecule has 0 amide bonds. The Balaban J connectivity index is 2.23. The summed E-state index contributed by atoms with van der Waals surface area (Å²) in [6, 6.07) is 3.58. The van der Waals surface area contributed by atoms with Crippen LogP contribution in [0.3, 0.4) is 0 Å². The number of rotatable bonds is 2. The highest BCUT2D eigenvalue weighted by molar-refractivity contribution is 5.55. The summed E-state index contributed by atoms with van der Waals surface area (Å²) >= 11 is 0. The molecule has 0 spiro atoms. The van der Waals surface area contributed by atoms with Crippen LogP contribution < -0.4 is 0 Å². The van der Waals surface area contributed by atoms with Crippen molar-refractivity contribution in [2.24, 2.45) is 0 Å². The minimum Gasteiger partial charge on any atom is -0.235 e. The van der Waals surface area contributed by atoms with E-state index in [1.54, 1.807) is 12.4 Å². The van der Waals surface area contributed by atoms with Crippen molar-refractivity contribution in [1.29, 1.82) is 0 Å². The minimum absolute atomic E-state index is 0.347. The lowest BCUT2D eigenvalue weighted by Crippen LogP contribution is -1.92. The first-order chi connectivity index (χ1) is 9.20. The summed E-state index contributed by atoms with van der Waals surface area (Å²) in [6.07, 6.45) is 4.98. The fraction of sp³-hybridized carbons (Fsp3) is 0.200. The maximum Gasteiger partial charge on any atom is 0.159 e. The van der Waals surface area contributed by atoms with Gasteiger partial charge in [-0.1, -0.05) is 18.8 Å². The second-order valence-electron chi connectivity index (χ2n) is 3.98. The Morgan fingerprint density at radius 1 is 1.11 bits per heavy atom. The molecule has 1 aromatic heterocycles. The molecule has 0 aliphatic rings. The van der Waals surface area contributed by atoms with Gasteiger partial charge in [0.1, 0.15) is 0 Å². The molecule has 0 aliphatic carbocycles. The summed E-state index contributed by atoms with van der Waals surface area (Å²) in [5, 5.41) is 0. The molecule has 0 saturated heterocycles. The smallest absolute Gasteiger partial charge is 0.159 e. The SMILES string of the molecule is CCCC#Cc1cnc(-c2ccc(F)c(F)c2)nc1. The van der Waals surface area contributed by atoms with Crippen molar-refractivity contribution in [3.8, 4) is 23.2 Å². The van der Waals surface area contributed by atoms with Gasteiger partial charge < -0.3 is 0 Å². The summed E-state index contributed by atoms with van der Waals surface area (Å²) in [5.41, 5.74) is 1.15. The van der Waals surface area contributed by atoms with E-state index in [0.29, 0.717) is 17.0 Å². The van der Waals surface area contributed by atoms with E-state index in [1.807, 2.05) is 0 Å². The quantitative estimate of drug-likeness (QED) is 0.769. The van der Waals surface area contributed by atoms with Crippen LogP contribution in [-0.2, 0) is 0 Å². The van der Waals surface area contributed by atoms with Crippen molar-refractivity contribution < 1.29 is 8.78 Å². The zero-order valence-corrected chi connectivity index (χ0v) is 10.5. The Morgan fingerprint density at radius 2 is 1.84 bits per heavy atom. The van der Waals surface area contributed by atoms with Crippen LogP contribution in [0.1, 0.15) is 25.3 Å². The van der Waals surface area contributed by atoms with Crippen molar-refractivity contribution in [3.63, 3.8) is 0 Å². The fourth-order valence-corrected chi connectivity index (χ4v) is 1.47. The Morgan fingerprint density at radius 3 is 2.47 bits per heavy atom. The molecular formula is C15H12F2N2. The van der Waals surface area contributed by atoms with E-state index < -0.39 is 11.6 Å². The Labute approximate surface area is 110 Å². The fourth-order valence-electron chi connectivity index (χ4n) is 1.47. The summed E-state index contributed by atoms with van der Waals surface area (Å²) < 4.78 is 25.9. The highest BCUT2D eigenvalue weighted by Gasteiger charge is 2.06. The topological polar surface area (TPSA) is 25.8 Å². The first-order valence-corrected chi connectivity index (χ1v) is 5.97. The summed E-state index contributed by atoms with van der Waals surface area (Å²) in [4.78, 5) is 8.19. The number of benzene rings is 1. The van der Waals surface area contributed by atoms with Crippen molar-refractivity contribution in [2.45, 2.75) is 19.8 Å². The third-order valence-corrected chi connectivity index (χ3v) is 2.44. The van der Waals surface area contributed by atoms with Gasteiger partial charge in [0.2, 0.25) is 0 Å². The second kappa shape index (κ2) is 6.05. The molecule has 2 aromatic rings. The Kier molecular flexibility index (Phi) is 4.19. The van der Waals surface area contributed by atoms with Crippen molar-refractivity contribution in [2.75, 3.05) is 0 Å². The number of nitrogens with zero attached hydrogens (tertiary/aromatic N) is 2. The molecule has 0 aliphatic heterocycles. The van der Waals surface area contributed by atoms with Gasteiger partial charge in [0.15, 0.2) is 17.5 Å². The van der Waals surface area contributed by atoms with Gasteiger partial charge in [-0.25, -0.2) is 18.7 Å². The first-order valence-electron chi connectivity index (χ1n) is 5.97. The Bertz CT molecular complexity index is 625. The maximum atomic E-state index is 13.1. The lowest BCUT2D eigenvalue weighted by Gasteiger charge is -2.00. The third kappa shape index (κ3) is 3.35. The summed E-state index contributed by atoms with van der Waals surface area (Å²) in [5.74, 6) is 4.48. The number of hydrogen-bond donors (Lipinski definition) is 0. The molecule has 0 saturated carbocycles. The molecule has 2 nitrogen and oxygen atoms in total. The van der Waals surface area contributed by atoms with Crippen molar-refractivity contribution in [3.05, 3.63) is 47.8 Å². The first kappa shape index (κ1) is 13.2. The highest BCUT2D eigenvalue weighted by atomic mass is 19.2. The average Bonchev–Trinajstić information content (AvgIpc) is 2.43. The van der Waals surface area contributed by atoms with Gasteiger partial charge in [-0.05, 0) is 24.6 Å². The molecule has 0 fully saturated rings. The van der Waals surface area contributed by atoms with Gasteiger partial charge in [-0.15, -0.1) is 0 Å². The van der Waals surface area contributed by atoms with E-state index in [0.717, 1.165) is 25.0 Å². The van der Waals surface area contributed by atoms with E-state index in [9.17, 15) is 8.78 Å². The number of unbranched alkanes of at least 4 members (excludes halogenated alkanes) is 1. The monoisotopic (exact) mass is 258 g/mol. The number of hydrogen-bond acceptors (Lipinski definition) is 2. The lowest BCUT2D eigenvalue weighted by atomic mass is 10.2. The van der Waals surface area contributed by atoms with Gasteiger partial charge in [0, 0.05) is 24.4 Å². The molecule has 1 heterocycles. The zero-order chi connectivity index (χ0) is 13.7. The van der Waals surface area contributed by atoms with Crippen molar-refractivity contribution in [1.82, 2.24) is 9.97 Å². The van der Waals surface area contributed by atoms with Crippen LogP contribution in [-0.4, -0.2) is 9.97 Å². The molecule has 0 N–H and O–H groups in total. The minimum atomic E-state index is -0.909. The molecule has 96 valence electrons. The molecular weight excluding hydrogens is 246 g/mol. The molecule has 0 atom stereocenters. The molecule has 2 rings (SSSR count). The molecule has 0 bridgehead atoms. The van der Waals surface area contributed by atoms with Crippen LogP contribution in [0.2, 0.25) is 0 Å². The van der Waals surface area contributed by atoms with E-state index in [1.165, 1.54) is 6.07 Å². The predicted octanol–water partition coefficient (Wildman–Crippen LogP) is 3.57. The van der Waals surface area contributed by atoms with Gasteiger partial charge >= 0.3 is 0 Å². The zero-order valence-electron chi connectivity index (χ0n) is 10.5. The summed E-state index contributed by atoms with van der Waals surface area (Å²) in [6.45, 7) is 2.05.